The summed E-state index contributed by atoms with van der Waals surface area (Å²) in [6.45, 7) is 0.153. The molecule has 0 saturated carbocycles. The average Bonchev–Trinajstić information content (AvgIpc) is 2.85. The van der Waals surface area contributed by atoms with Gasteiger partial charge >= 0.3 is 7.75 Å². The Bertz CT molecular complexity index is 610. The van der Waals surface area contributed by atoms with Crippen molar-refractivity contribution in [1.29, 1.82) is 0 Å². The minimum absolute atomic E-state index is 0.153. The van der Waals surface area contributed by atoms with Gasteiger partial charge in [-0.05, 0) is 17.7 Å². The van der Waals surface area contributed by atoms with Gasteiger partial charge in [-0.2, -0.15) is 9.86 Å². The summed E-state index contributed by atoms with van der Waals surface area (Å²) in [6, 6.07) is 7.11. The van der Waals surface area contributed by atoms with Gasteiger partial charge in [0.15, 0.2) is 0 Å². The van der Waals surface area contributed by atoms with Crippen LogP contribution in [0.4, 0.5) is 0 Å². The van der Waals surface area contributed by atoms with E-state index in [4.69, 9.17) is 20.6 Å². The first-order valence-electron chi connectivity index (χ1n) is 6.41. The van der Waals surface area contributed by atoms with Crippen LogP contribution in [0.25, 0.3) is 0 Å². The van der Waals surface area contributed by atoms with Crippen LogP contribution in [-0.2, 0) is 13.6 Å². The molecule has 2 atom stereocenters. The minimum Gasteiger partial charge on any atom is -0.308 e. The van der Waals surface area contributed by atoms with Crippen LogP contribution in [0.5, 0.6) is 0 Å². The van der Waals surface area contributed by atoms with E-state index in [1.54, 1.807) is 23.2 Å². The zero-order valence-corrected chi connectivity index (χ0v) is 13.8. The lowest BCUT2D eigenvalue weighted by atomic mass is 10.1. The summed E-state index contributed by atoms with van der Waals surface area (Å²) in [5.41, 5.74) is 6.08. The van der Waals surface area contributed by atoms with Crippen LogP contribution in [0.15, 0.2) is 34.1 Å². The van der Waals surface area contributed by atoms with Crippen molar-refractivity contribution in [2.75, 3.05) is 20.7 Å². The first kappa shape index (κ1) is 16.9. The number of nitrogens with zero attached hydrogens (tertiary/aromatic N) is 3. The van der Waals surface area contributed by atoms with Crippen LogP contribution >= 0.6 is 19.3 Å². The van der Waals surface area contributed by atoms with Crippen LogP contribution in [0.2, 0.25) is 5.02 Å². The Morgan fingerprint density at radius 3 is 3.00 bits per heavy atom. The quantitative estimate of drug-likeness (QED) is 0.355. The molecule has 2 rings (SSSR count). The standard InChI is InChI=1S/C12H17ClN5O3P/c1-18(2)16-8-14-15-9-17-22(19)20-7-12(21-22)10-4-3-5-11(13)6-10/h3-6,8-9,12H,7H2,1-2H3,(H,14,16)(H,15,17,19). The molecule has 1 saturated heterocycles. The fraction of sp³-hybridized carbons (Fsp3) is 0.333. The molecule has 1 aromatic carbocycles. The normalized spacial score (nSPS) is 25.4. The van der Waals surface area contributed by atoms with E-state index in [1.165, 1.54) is 6.34 Å². The number of hydrogen-bond donors (Lipinski definition) is 2. The highest BCUT2D eigenvalue weighted by Gasteiger charge is 2.37. The van der Waals surface area contributed by atoms with E-state index >= 15 is 0 Å². The fourth-order valence-corrected chi connectivity index (χ4v) is 3.02. The highest BCUT2D eigenvalue weighted by atomic mass is 35.5. The number of hydrazine groups is 1. The zero-order valence-electron chi connectivity index (χ0n) is 12.1. The molecular weight excluding hydrogens is 329 g/mol. The molecule has 2 N–H and O–H groups in total. The maximum absolute atomic E-state index is 12.2. The van der Waals surface area contributed by atoms with Gasteiger partial charge in [-0.25, -0.2) is 9.57 Å². The molecule has 8 nitrogen and oxygen atoms in total. The first-order valence-corrected chi connectivity index (χ1v) is 8.29. The Balaban J connectivity index is 1.88. The lowest BCUT2D eigenvalue weighted by molar-refractivity contribution is 0.240. The summed E-state index contributed by atoms with van der Waals surface area (Å²) < 4.78 is 26.6. The van der Waals surface area contributed by atoms with Crippen LogP contribution < -0.4 is 10.9 Å². The monoisotopic (exact) mass is 345 g/mol. The lowest BCUT2D eigenvalue weighted by Crippen LogP contribution is -2.29. The van der Waals surface area contributed by atoms with E-state index in [0.29, 0.717) is 5.02 Å². The minimum atomic E-state index is -3.52. The average molecular weight is 346 g/mol. The maximum atomic E-state index is 12.2. The Kier molecular flexibility index (Phi) is 5.93. The molecule has 0 bridgehead atoms. The van der Waals surface area contributed by atoms with E-state index in [9.17, 15) is 4.57 Å². The molecule has 0 aromatic heterocycles. The first-order chi connectivity index (χ1) is 10.5. The molecule has 1 aromatic rings. The number of hydrazone groups is 1. The molecule has 0 radical (unpaired) electrons. The molecule has 1 fully saturated rings. The molecule has 1 aliphatic heterocycles. The Hall–Kier alpha value is -1.44. The van der Waals surface area contributed by atoms with Crippen molar-refractivity contribution in [2.45, 2.75) is 6.10 Å². The third kappa shape index (κ3) is 5.08. The summed E-state index contributed by atoms with van der Waals surface area (Å²) in [5, 5.41) is 6.04. The molecule has 0 spiro atoms. The van der Waals surface area contributed by atoms with Gasteiger partial charge < -0.3 is 5.43 Å². The number of benzene rings is 1. The zero-order chi connectivity index (χ0) is 16.0. The topological polar surface area (TPSA) is 87.6 Å². The maximum Gasteiger partial charge on any atom is 0.456 e. The summed E-state index contributed by atoms with van der Waals surface area (Å²) >= 11 is 5.92. The molecule has 1 heterocycles. The van der Waals surface area contributed by atoms with Crippen molar-refractivity contribution in [3.63, 3.8) is 0 Å². The van der Waals surface area contributed by atoms with Gasteiger partial charge in [0, 0.05) is 19.1 Å². The lowest BCUT2D eigenvalue weighted by Gasteiger charge is -2.08. The number of rotatable bonds is 6. The van der Waals surface area contributed by atoms with Gasteiger partial charge in [-0.1, -0.05) is 23.7 Å². The molecule has 10 heteroatoms. The van der Waals surface area contributed by atoms with Crippen LogP contribution in [0.3, 0.4) is 0 Å². The smallest absolute Gasteiger partial charge is 0.308 e. The van der Waals surface area contributed by atoms with Gasteiger partial charge in [0.25, 0.3) is 0 Å². The third-order valence-electron chi connectivity index (χ3n) is 2.58. The van der Waals surface area contributed by atoms with E-state index in [-0.39, 0.29) is 6.61 Å². The predicted octanol–water partition coefficient (Wildman–Crippen LogP) is 2.16. The summed E-state index contributed by atoms with van der Waals surface area (Å²) in [6.07, 6.45) is 2.11. The van der Waals surface area contributed by atoms with Gasteiger partial charge in [0.05, 0.1) is 6.61 Å². The van der Waals surface area contributed by atoms with Crippen molar-refractivity contribution >= 4 is 32.0 Å². The van der Waals surface area contributed by atoms with Gasteiger partial charge in [-0.3, -0.25) is 14.5 Å². The summed E-state index contributed by atoms with van der Waals surface area (Å²) in [4.78, 5) is 0. The predicted molar refractivity (Wildman–Crippen MR) is 85.8 cm³/mol. The Labute approximate surface area is 133 Å². The van der Waals surface area contributed by atoms with Gasteiger partial charge in [-0.15, -0.1) is 0 Å². The summed E-state index contributed by atoms with van der Waals surface area (Å²) in [5.74, 6) is 0. The van der Waals surface area contributed by atoms with E-state index in [2.05, 4.69) is 20.7 Å². The second-order valence-corrected chi connectivity index (χ2v) is 6.64. The molecule has 2 unspecified atom stereocenters. The molecule has 120 valence electrons. The van der Waals surface area contributed by atoms with Crippen molar-refractivity contribution in [3.05, 3.63) is 34.9 Å². The number of hydrogen-bond acceptors (Lipinski definition) is 5. The van der Waals surface area contributed by atoms with Crippen molar-refractivity contribution in [3.8, 4) is 0 Å². The van der Waals surface area contributed by atoms with Crippen molar-refractivity contribution in [1.82, 2.24) is 15.9 Å². The molecule has 22 heavy (non-hydrogen) atoms. The fourth-order valence-electron chi connectivity index (χ4n) is 1.62. The largest absolute Gasteiger partial charge is 0.456 e. The van der Waals surface area contributed by atoms with Crippen molar-refractivity contribution < 1.29 is 13.6 Å². The van der Waals surface area contributed by atoms with Crippen LogP contribution in [0.1, 0.15) is 11.7 Å². The summed E-state index contributed by atoms with van der Waals surface area (Å²) in [7, 11) is 0.113. The van der Waals surface area contributed by atoms with E-state index in [0.717, 1.165) is 11.9 Å². The van der Waals surface area contributed by atoms with Gasteiger partial charge in [0.2, 0.25) is 0 Å². The Morgan fingerprint density at radius 1 is 1.45 bits per heavy atom. The van der Waals surface area contributed by atoms with Gasteiger partial charge in [0.1, 0.15) is 18.8 Å². The number of halogens is 1. The SMILES string of the molecule is CN(C)N/C=N/N/C=N/P1(=O)OCC(c2cccc(Cl)c2)O1. The molecule has 0 amide bonds. The number of nitrogens with one attached hydrogen (secondary N) is 2. The van der Waals surface area contributed by atoms with Crippen LogP contribution in [-0.4, -0.2) is 38.4 Å². The molecular formula is C12H17ClN5O3P. The second-order valence-electron chi connectivity index (χ2n) is 4.57. The van der Waals surface area contributed by atoms with Crippen molar-refractivity contribution in [2.24, 2.45) is 9.86 Å². The highest BCUT2D eigenvalue weighted by Crippen LogP contribution is 2.58. The molecule has 1 aliphatic rings. The Morgan fingerprint density at radius 2 is 2.27 bits per heavy atom. The third-order valence-corrected chi connectivity index (χ3v) is 4.21. The van der Waals surface area contributed by atoms with Crippen LogP contribution in [0, 0.1) is 0 Å². The highest BCUT2D eigenvalue weighted by molar-refractivity contribution is 7.52. The molecule has 0 aliphatic carbocycles. The van der Waals surface area contributed by atoms with E-state index in [1.807, 2.05) is 20.2 Å². The van der Waals surface area contributed by atoms with E-state index < -0.39 is 13.9 Å². The second kappa shape index (κ2) is 7.71.